The summed E-state index contributed by atoms with van der Waals surface area (Å²) in [7, 11) is 3.65. The average Bonchev–Trinajstić information content (AvgIpc) is 3.00. The Morgan fingerprint density at radius 2 is 1.54 bits per heavy atom. The van der Waals surface area contributed by atoms with Crippen molar-refractivity contribution in [3.63, 3.8) is 0 Å². The Hall–Kier alpha value is -2.90. The van der Waals surface area contributed by atoms with Crippen molar-refractivity contribution in [1.82, 2.24) is 15.1 Å². The third-order valence-electron chi connectivity index (χ3n) is 8.26. The highest BCUT2D eigenvalue weighted by Gasteiger charge is 2.42. The summed E-state index contributed by atoms with van der Waals surface area (Å²) < 4.78 is 0. The molecule has 41 heavy (non-hydrogen) atoms. The number of likely N-dealkylation sites (N-methyl/N-ethyl adjacent to an activating group) is 1. The second-order valence-electron chi connectivity index (χ2n) is 11.2. The zero-order chi connectivity index (χ0) is 29.2. The molecule has 1 aliphatic rings. The van der Waals surface area contributed by atoms with Crippen molar-refractivity contribution < 1.29 is 9.90 Å². The molecule has 1 heterocycles. The van der Waals surface area contributed by atoms with Gasteiger partial charge in [0.2, 0.25) is 5.91 Å². The molecule has 1 amide bonds. The predicted molar refractivity (Wildman–Crippen MR) is 170 cm³/mol. The molecular formula is C34H45ClN4O2. The van der Waals surface area contributed by atoms with Crippen molar-refractivity contribution in [3.8, 4) is 0 Å². The maximum atomic E-state index is 13.8. The predicted octanol–water partition coefficient (Wildman–Crippen LogP) is 4.83. The van der Waals surface area contributed by atoms with E-state index in [0.717, 1.165) is 54.4 Å². The number of rotatable bonds is 13. The molecule has 1 fully saturated rings. The Labute approximate surface area is 250 Å². The summed E-state index contributed by atoms with van der Waals surface area (Å²) in [6, 6.07) is 26.4. The van der Waals surface area contributed by atoms with E-state index in [4.69, 9.17) is 11.6 Å². The van der Waals surface area contributed by atoms with Gasteiger partial charge in [0.05, 0.1) is 16.8 Å². The summed E-state index contributed by atoms with van der Waals surface area (Å²) in [5.74, 6) is 0.0681. The minimum Gasteiger partial charge on any atom is -0.392 e. The number of amides is 1. The monoisotopic (exact) mass is 576 g/mol. The molecule has 0 aliphatic carbocycles. The van der Waals surface area contributed by atoms with Crippen molar-refractivity contribution in [1.29, 1.82) is 0 Å². The van der Waals surface area contributed by atoms with Crippen LogP contribution in [0.3, 0.4) is 0 Å². The van der Waals surface area contributed by atoms with Crippen LogP contribution >= 0.6 is 11.6 Å². The van der Waals surface area contributed by atoms with Gasteiger partial charge in [-0.25, -0.2) is 0 Å². The standard InChI is InChI=1S/C34H45ClN4O2/c1-4-27-12-11-17-31(32(27)35)39-24-22-38(23-25-39)26-30(40)18-20-36-21-19-34(33(41)37(2)3,28-13-7-5-8-14-28)29-15-9-6-10-16-29/h5-17,30,36,40H,4,18-26H2,1-3H3. The molecule has 1 aliphatic heterocycles. The molecule has 1 unspecified atom stereocenters. The van der Waals surface area contributed by atoms with E-state index in [0.29, 0.717) is 32.5 Å². The van der Waals surface area contributed by atoms with Gasteiger partial charge in [0, 0.05) is 46.8 Å². The lowest BCUT2D eigenvalue weighted by molar-refractivity contribution is -0.133. The largest absolute Gasteiger partial charge is 0.392 e. The average molecular weight is 577 g/mol. The molecule has 3 aromatic carbocycles. The number of benzene rings is 3. The molecule has 3 aromatic rings. The van der Waals surface area contributed by atoms with E-state index in [-0.39, 0.29) is 5.91 Å². The number of carbonyl (C=O) groups excluding carboxylic acids is 1. The summed E-state index contributed by atoms with van der Waals surface area (Å²) in [6.07, 6.45) is 1.81. The summed E-state index contributed by atoms with van der Waals surface area (Å²) in [5, 5.41) is 15.2. The van der Waals surface area contributed by atoms with Crippen LogP contribution in [0.5, 0.6) is 0 Å². The first-order valence-corrected chi connectivity index (χ1v) is 15.2. The van der Waals surface area contributed by atoms with Crippen LogP contribution in [0.2, 0.25) is 5.02 Å². The van der Waals surface area contributed by atoms with Crippen LogP contribution in [-0.4, -0.2) is 86.8 Å². The fraction of sp³-hybridized carbons (Fsp3) is 0.441. The van der Waals surface area contributed by atoms with Crippen molar-refractivity contribution in [2.45, 2.75) is 37.7 Å². The highest BCUT2D eigenvalue weighted by atomic mass is 35.5. The molecule has 0 radical (unpaired) electrons. The third-order valence-corrected chi connectivity index (χ3v) is 8.69. The van der Waals surface area contributed by atoms with Gasteiger partial charge in [0.15, 0.2) is 0 Å². The van der Waals surface area contributed by atoms with E-state index in [1.165, 1.54) is 5.56 Å². The normalized spacial score (nSPS) is 15.1. The maximum absolute atomic E-state index is 13.8. The van der Waals surface area contributed by atoms with Gasteiger partial charge < -0.3 is 20.2 Å². The third kappa shape index (κ3) is 7.49. The molecule has 4 rings (SSSR count). The molecule has 220 valence electrons. The summed E-state index contributed by atoms with van der Waals surface area (Å²) in [5.41, 5.74) is 3.51. The Morgan fingerprint density at radius 3 is 2.10 bits per heavy atom. The minimum absolute atomic E-state index is 0.0681. The van der Waals surface area contributed by atoms with Crippen LogP contribution in [0.25, 0.3) is 0 Å². The molecule has 0 saturated carbocycles. The van der Waals surface area contributed by atoms with Crippen LogP contribution in [-0.2, 0) is 16.6 Å². The Kier molecular flexibility index (Phi) is 11.2. The topological polar surface area (TPSA) is 59.1 Å². The lowest BCUT2D eigenvalue weighted by Gasteiger charge is -2.37. The molecule has 0 aromatic heterocycles. The van der Waals surface area contributed by atoms with Gasteiger partial charge in [-0.2, -0.15) is 0 Å². The Bertz CT molecular complexity index is 1190. The number of aliphatic hydroxyl groups is 1. The maximum Gasteiger partial charge on any atom is 0.237 e. The SMILES string of the molecule is CCc1cccc(N2CCN(CC(O)CCNCCC(C(=O)N(C)C)(c3ccccc3)c3ccccc3)CC2)c1Cl. The number of anilines is 1. The highest BCUT2D eigenvalue weighted by molar-refractivity contribution is 6.34. The molecule has 2 N–H and O–H groups in total. The number of carbonyl (C=O) groups is 1. The van der Waals surface area contributed by atoms with Crippen molar-refractivity contribution in [3.05, 3.63) is 101 Å². The van der Waals surface area contributed by atoms with E-state index in [2.05, 4.69) is 40.2 Å². The first kappa shape index (κ1) is 31.0. The number of aliphatic hydroxyl groups excluding tert-OH is 1. The number of nitrogens with zero attached hydrogens (tertiary/aromatic N) is 3. The van der Waals surface area contributed by atoms with Crippen molar-refractivity contribution in [2.75, 3.05) is 64.8 Å². The van der Waals surface area contributed by atoms with Crippen molar-refractivity contribution >= 4 is 23.2 Å². The van der Waals surface area contributed by atoms with Gasteiger partial charge in [-0.05, 0) is 55.1 Å². The van der Waals surface area contributed by atoms with Crippen LogP contribution < -0.4 is 10.2 Å². The van der Waals surface area contributed by atoms with E-state index < -0.39 is 11.5 Å². The molecule has 1 saturated heterocycles. The van der Waals surface area contributed by atoms with E-state index in [1.54, 1.807) is 4.90 Å². The summed E-state index contributed by atoms with van der Waals surface area (Å²) in [4.78, 5) is 20.1. The number of nitrogens with one attached hydrogen (secondary N) is 1. The first-order chi connectivity index (χ1) is 19.9. The number of β-amino-alcohol motifs (C(OH)–C–C–N with tert-alkyl or cyclic N) is 1. The lowest BCUT2D eigenvalue weighted by atomic mass is 9.71. The van der Waals surface area contributed by atoms with Crippen molar-refractivity contribution in [2.24, 2.45) is 0 Å². The Balaban J connectivity index is 1.29. The molecule has 0 spiro atoms. The zero-order valence-corrected chi connectivity index (χ0v) is 25.5. The van der Waals surface area contributed by atoms with Gasteiger partial charge in [-0.3, -0.25) is 9.69 Å². The van der Waals surface area contributed by atoms with Crippen LogP contribution in [0.4, 0.5) is 5.69 Å². The van der Waals surface area contributed by atoms with E-state index in [9.17, 15) is 9.90 Å². The molecule has 6 nitrogen and oxygen atoms in total. The van der Waals surface area contributed by atoms with Gasteiger partial charge in [-0.15, -0.1) is 0 Å². The number of halogens is 1. The highest BCUT2D eigenvalue weighted by Crippen LogP contribution is 2.37. The smallest absolute Gasteiger partial charge is 0.237 e. The number of piperazine rings is 1. The summed E-state index contributed by atoms with van der Waals surface area (Å²) >= 11 is 6.65. The number of hydrogen-bond acceptors (Lipinski definition) is 5. The minimum atomic E-state index is -0.781. The Morgan fingerprint density at radius 1 is 0.927 bits per heavy atom. The van der Waals surface area contributed by atoms with E-state index in [1.807, 2.05) is 74.8 Å². The number of hydrogen-bond donors (Lipinski definition) is 2. The molecular weight excluding hydrogens is 532 g/mol. The quantitative estimate of drug-likeness (QED) is 0.286. The van der Waals surface area contributed by atoms with Gasteiger partial charge in [0.25, 0.3) is 0 Å². The second kappa shape index (κ2) is 14.8. The molecule has 7 heteroatoms. The zero-order valence-electron chi connectivity index (χ0n) is 24.7. The molecule has 0 bridgehead atoms. The van der Waals surface area contributed by atoms with Crippen LogP contribution in [0, 0.1) is 0 Å². The van der Waals surface area contributed by atoms with Gasteiger partial charge in [-0.1, -0.05) is 91.3 Å². The second-order valence-corrected chi connectivity index (χ2v) is 11.5. The fourth-order valence-corrected chi connectivity index (χ4v) is 6.33. The van der Waals surface area contributed by atoms with E-state index >= 15 is 0 Å². The van der Waals surface area contributed by atoms with Crippen LogP contribution in [0.15, 0.2) is 78.9 Å². The van der Waals surface area contributed by atoms with Gasteiger partial charge >= 0.3 is 0 Å². The fourth-order valence-electron chi connectivity index (χ4n) is 5.95. The molecule has 1 atom stereocenters. The lowest BCUT2D eigenvalue weighted by Crippen LogP contribution is -2.49. The summed E-state index contributed by atoms with van der Waals surface area (Å²) in [6.45, 7) is 7.75. The first-order valence-electron chi connectivity index (χ1n) is 14.8. The number of aryl methyl sites for hydroxylation is 1. The van der Waals surface area contributed by atoms with Gasteiger partial charge in [0.1, 0.15) is 5.41 Å². The van der Waals surface area contributed by atoms with Crippen LogP contribution in [0.1, 0.15) is 36.5 Å².